The summed E-state index contributed by atoms with van der Waals surface area (Å²) in [4.78, 5) is 20.4. The van der Waals surface area contributed by atoms with Gasteiger partial charge in [0, 0.05) is 75.4 Å². The molecule has 0 fully saturated rings. The monoisotopic (exact) mass is 430 g/mol. The molecule has 3 N–H and O–H groups in total. The third-order valence-electron chi connectivity index (χ3n) is 5.67. The van der Waals surface area contributed by atoms with Gasteiger partial charge in [-0.2, -0.15) is 0 Å². The van der Waals surface area contributed by atoms with Gasteiger partial charge in [0.1, 0.15) is 11.5 Å². The standard InChI is InChI=1S/C25H26N4O3/c1-27-19-11-10-18(23(24(19)26)25(30)31)22-16-8-6-14(28(2)3)12-20(16)32-21-13-15(29(4)5)7-9-17(21)22/h6-13H,26H2,1-5H3,(H,30,31). The summed E-state index contributed by atoms with van der Waals surface area (Å²) in [6, 6.07) is 11.8. The smallest absolute Gasteiger partial charge is 0.338 e. The number of benzene rings is 2. The first-order chi connectivity index (χ1) is 15.2. The van der Waals surface area contributed by atoms with Gasteiger partial charge < -0.3 is 25.4 Å². The van der Waals surface area contributed by atoms with Crippen LogP contribution in [0.3, 0.4) is 0 Å². The Morgan fingerprint density at radius 3 is 1.91 bits per heavy atom. The number of nitrogens with zero attached hydrogens (tertiary/aromatic N) is 3. The maximum absolute atomic E-state index is 12.3. The molecule has 0 amide bonds. The average molecular weight is 431 g/mol. The van der Waals surface area contributed by atoms with Gasteiger partial charge in [0.05, 0.1) is 17.0 Å². The maximum Gasteiger partial charge on any atom is 0.338 e. The molecule has 7 heteroatoms. The first-order valence-electron chi connectivity index (χ1n) is 10.2. The van der Waals surface area contributed by atoms with Crippen LogP contribution < -0.4 is 20.3 Å². The zero-order chi connectivity index (χ0) is 23.2. The van der Waals surface area contributed by atoms with Crippen LogP contribution in [-0.2, 0) is 4.79 Å². The van der Waals surface area contributed by atoms with Gasteiger partial charge in [-0.15, -0.1) is 0 Å². The highest BCUT2D eigenvalue weighted by molar-refractivity contribution is 6.17. The molecule has 0 atom stereocenters. The zero-order valence-corrected chi connectivity index (χ0v) is 18.8. The van der Waals surface area contributed by atoms with Crippen molar-refractivity contribution in [2.45, 2.75) is 0 Å². The van der Waals surface area contributed by atoms with Gasteiger partial charge in [0.2, 0.25) is 0 Å². The first kappa shape index (κ1) is 21.2. The molecule has 164 valence electrons. The predicted octanol–water partition coefficient (Wildman–Crippen LogP) is 3.66. The molecule has 4 rings (SSSR count). The van der Waals surface area contributed by atoms with Crippen molar-refractivity contribution in [3.63, 3.8) is 0 Å². The highest BCUT2D eigenvalue weighted by atomic mass is 16.5. The minimum atomic E-state index is -1.10. The van der Waals surface area contributed by atoms with Crippen LogP contribution in [0.2, 0.25) is 0 Å². The van der Waals surface area contributed by atoms with E-state index in [1.807, 2.05) is 74.4 Å². The zero-order valence-electron chi connectivity index (χ0n) is 18.8. The predicted molar refractivity (Wildman–Crippen MR) is 129 cm³/mol. The first-order valence-corrected chi connectivity index (χ1v) is 10.2. The van der Waals surface area contributed by atoms with Crippen molar-refractivity contribution in [1.29, 1.82) is 0 Å². The van der Waals surface area contributed by atoms with Crippen LogP contribution >= 0.6 is 0 Å². The molecule has 7 nitrogen and oxygen atoms in total. The van der Waals surface area contributed by atoms with E-state index in [-0.39, 0.29) is 11.3 Å². The number of fused-ring (bicyclic) bond motifs is 2. The summed E-state index contributed by atoms with van der Waals surface area (Å²) in [5.74, 6) is 0.224. The molecule has 1 heterocycles. The van der Waals surface area contributed by atoms with Crippen LogP contribution in [0.1, 0.15) is 11.1 Å². The Balaban J connectivity index is 2.07. The van der Waals surface area contributed by atoms with Gasteiger partial charge in [-0.05, 0) is 35.9 Å². The molecule has 0 radical (unpaired) electrons. The van der Waals surface area contributed by atoms with E-state index < -0.39 is 5.97 Å². The summed E-state index contributed by atoms with van der Waals surface area (Å²) in [6.45, 7) is 0. The Kier molecular flexibility index (Phi) is 5.26. The molecule has 2 aliphatic rings. The van der Waals surface area contributed by atoms with Crippen LogP contribution in [0.15, 0.2) is 70.4 Å². The van der Waals surface area contributed by atoms with Crippen LogP contribution in [0.25, 0.3) is 5.57 Å². The van der Waals surface area contributed by atoms with E-state index in [2.05, 4.69) is 4.99 Å². The van der Waals surface area contributed by atoms with E-state index in [1.54, 1.807) is 19.2 Å². The number of carboxylic acids is 1. The van der Waals surface area contributed by atoms with Crippen molar-refractivity contribution in [3.8, 4) is 11.5 Å². The molecular formula is C25H26N4O3. The Morgan fingerprint density at radius 2 is 1.47 bits per heavy atom. The van der Waals surface area contributed by atoms with Gasteiger partial charge >= 0.3 is 5.97 Å². The lowest BCUT2D eigenvalue weighted by molar-refractivity contribution is -0.132. The fourth-order valence-electron chi connectivity index (χ4n) is 3.96. The van der Waals surface area contributed by atoms with E-state index in [0.717, 1.165) is 28.1 Å². The summed E-state index contributed by atoms with van der Waals surface area (Å²) in [6.07, 6.45) is 3.53. The highest BCUT2D eigenvalue weighted by Crippen LogP contribution is 2.48. The number of allylic oxidation sites excluding steroid dienone is 2. The fraction of sp³-hybridized carbons (Fsp3) is 0.200. The van der Waals surface area contributed by atoms with E-state index >= 15 is 0 Å². The van der Waals surface area contributed by atoms with Crippen LogP contribution in [-0.4, -0.2) is 52.0 Å². The van der Waals surface area contributed by atoms with Gasteiger partial charge in [0.25, 0.3) is 0 Å². The Bertz CT molecular complexity index is 1190. The number of aliphatic imine (C=N–C) groups is 1. The van der Waals surface area contributed by atoms with Crippen molar-refractivity contribution >= 4 is 28.6 Å². The summed E-state index contributed by atoms with van der Waals surface area (Å²) < 4.78 is 6.31. The molecule has 0 spiro atoms. The Morgan fingerprint density at radius 1 is 0.938 bits per heavy atom. The molecule has 0 aromatic heterocycles. The summed E-state index contributed by atoms with van der Waals surface area (Å²) >= 11 is 0. The second-order valence-corrected chi connectivity index (χ2v) is 8.08. The number of anilines is 2. The van der Waals surface area contributed by atoms with Crippen molar-refractivity contribution in [3.05, 3.63) is 76.5 Å². The SMILES string of the molecule is CN=C1C=CC(=C2c3ccc(N(C)C)cc3Oc3cc(N(C)C)ccc32)C(C(=O)O)=C1N. The van der Waals surface area contributed by atoms with Crippen LogP contribution in [0.5, 0.6) is 11.5 Å². The molecule has 1 aliphatic carbocycles. The van der Waals surface area contributed by atoms with Gasteiger partial charge in [-0.3, -0.25) is 4.99 Å². The molecule has 2 aromatic rings. The van der Waals surface area contributed by atoms with Crippen molar-refractivity contribution < 1.29 is 14.6 Å². The lowest BCUT2D eigenvalue weighted by Gasteiger charge is -2.28. The normalized spacial score (nSPS) is 16.0. The quantitative estimate of drug-likeness (QED) is 0.659. The molecule has 2 aromatic carbocycles. The molecule has 1 aliphatic heterocycles. The molecule has 0 bridgehead atoms. The molecule has 0 unspecified atom stereocenters. The molecular weight excluding hydrogens is 404 g/mol. The van der Waals surface area contributed by atoms with Crippen LogP contribution in [0, 0.1) is 0 Å². The third kappa shape index (κ3) is 3.41. The lowest BCUT2D eigenvalue weighted by atomic mass is 9.83. The van der Waals surface area contributed by atoms with Crippen molar-refractivity contribution in [1.82, 2.24) is 0 Å². The Labute approximate surface area is 187 Å². The maximum atomic E-state index is 12.3. The number of nitrogens with two attached hydrogens (primary N) is 1. The van der Waals surface area contributed by atoms with Crippen molar-refractivity contribution in [2.24, 2.45) is 10.7 Å². The number of aliphatic carboxylic acids is 1. The van der Waals surface area contributed by atoms with E-state index in [9.17, 15) is 9.90 Å². The highest BCUT2D eigenvalue weighted by Gasteiger charge is 2.31. The number of ether oxygens (including phenoxy) is 1. The summed E-state index contributed by atoms with van der Waals surface area (Å²) in [7, 11) is 9.44. The Hall–Kier alpha value is -4.00. The van der Waals surface area contributed by atoms with Crippen LogP contribution in [0.4, 0.5) is 11.4 Å². The number of rotatable bonds is 3. The topological polar surface area (TPSA) is 91.4 Å². The molecule has 32 heavy (non-hydrogen) atoms. The summed E-state index contributed by atoms with van der Waals surface area (Å²) in [5, 5.41) is 10.0. The number of carbonyl (C=O) groups is 1. The summed E-state index contributed by atoms with van der Waals surface area (Å²) in [5.41, 5.74) is 11.7. The minimum absolute atomic E-state index is 0.0373. The van der Waals surface area contributed by atoms with Gasteiger partial charge in [-0.25, -0.2) is 4.79 Å². The van der Waals surface area contributed by atoms with E-state index in [4.69, 9.17) is 10.5 Å². The lowest BCUT2D eigenvalue weighted by Crippen LogP contribution is -2.22. The number of hydrogen-bond donors (Lipinski definition) is 2. The second kappa shape index (κ2) is 7.92. The average Bonchev–Trinajstić information content (AvgIpc) is 2.76. The van der Waals surface area contributed by atoms with E-state index in [0.29, 0.717) is 22.8 Å². The molecule has 0 saturated carbocycles. The van der Waals surface area contributed by atoms with E-state index in [1.165, 1.54) is 0 Å². The minimum Gasteiger partial charge on any atom is -0.478 e. The molecule has 0 saturated heterocycles. The van der Waals surface area contributed by atoms with Gasteiger partial charge in [-0.1, -0.05) is 6.08 Å². The number of carboxylic acid groups (broad SMARTS) is 1. The number of hydrogen-bond acceptors (Lipinski definition) is 6. The van der Waals surface area contributed by atoms with Gasteiger partial charge in [0.15, 0.2) is 0 Å². The second-order valence-electron chi connectivity index (χ2n) is 8.08. The fourth-order valence-corrected chi connectivity index (χ4v) is 3.96. The third-order valence-corrected chi connectivity index (χ3v) is 5.67. The van der Waals surface area contributed by atoms with Crippen molar-refractivity contribution in [2.75, 3.05) is 45.0 Å². The largest absolute Gasteiger partial charge is 0.478 e.